The number of rotatable bonds is 17. The number of carbonyl (C=O) groups excluding carboxylic acids is 1. The minimum absolute atomic E-state index is 0.0297. The Morgan fingerprint density at radius 1 is 0.722 bits per heavy atom. The predicted octanol–water partition coefficient (Wildman–Crippen LogP) is 6.67. The number of carboxylic acids is 1. The molecule has 0 bridgehead atoms. The molecule has 36 heavy (non-hydrogen) atoms. The van der Waals surface area contributed by atoms with E-state index in [2.05, 4.69) is 61.6 Å². The second-order valence-electron chi connectivity index (χ2n) is 7.81. The molecule has 0 radical (unpaired) electrons. The average molecular weight is 512 g/mol. The molecular weight excluding hydrogens is 474 g/mol. The monoisotopic (exact) mass is 511 g/mol. The number of hydrogen-bond acceptors (Lipinski definition) is 4. The van der Waals surface area contributed by atoms with Crippen molar-refractivity contribution in [3.63, 3.8) is 0 Å². The standard InChI is InChI=1S/C29H37NO5S/c1-2-3-4-5-6-7-8-9-10-11-12-13-14-15-16-17-18-19-20-21-28(31)30-36(34,35)27-24-22-26(23-25-27)29(32)33/h3-4,6-7,9-10,12-13,15-16,18-19,22-25H,2,5,8,11,14,17,20-21H2,1H3,(H,30,31)(H,32,33)/b4-3-,7-6-,10-9-,13-12-,16-15-,19-18-. The van der Waals surface area contributed by atoms with E-state index in [1.807, 2.05) is 23.0 Å². The van der Waals surface area contributed by atoms with Gasteiger partial charge in [0.05, 0.1) is 10.5 Å². The minimum atomic E-state index is -4.02. The van der Waals surface area contributed by atoms with Crippen LogP contribution in [0.25, 0.3) is 0 Å². The summed E-state index contributed by atoms with van der Waals surface area (Å²) in [6, 6.07) is 4.67. The molecule has 6 nitrogen and oxygen atoms in total. The zero-order valence-corrected chi connectivity index (χ0v) is 21.7. The Morgan fingerprint density at radius 2 is 1.14 bits per heavy atom. The van der Waals surface area contributed by atoms with Gasteiger partial charge in [0.15, 0.2) is 0 Å². The Morgan fingerprint density at radius 3 is 1.56 bits per heavy atom. The lowest BCUT2D eigenvalue weighted by atomic mass is 10.2. The highest BCUT2D eigenvalue weighted by atomic mass is 32.2. The SMILES string of the molecule is CC/C=C\C/C=C\C/C=C\C/C=C\C/C=C\C/C=C\CCC(=O)NS(=O)(=O)c1ccc(C(=O)O)cc1. The molecule has 0 fully saturated rings. The van der Waals surface area contributed by atoms with E-state index in [4.69, 9.17) is 5.11 Å². The molecule has 7 heteroatoms. The lowest BCUT2D eigenvalue weighted by Gasteiger charge is -2.06. The molecule has 0 unspecified atom stereocenters. The third-order valence-corrected chi connectivity index (χ3v) is 6.18. The van der Waals surface area contributed by atoms with E-state index < -0.39 is 21.9 Å². The van der Waals surface area contributed by atoms with Gasteiger partial charge in [-0.2, -0.15) is 0 Å². The number of hydrogen-bond donors (Lipinski definition) is 2. The van der Waals surface area contributed by atoms with Gasteiger partial charge in [-0.1, -0.05) is 79.8 Å². The fraction of sp³-hybridized carbons (Fsp3) is 0.310. The lowest BCUT2D eigenvalue weighted by Crippen LogP contribution is -2.30. The summed E-state index contributed by atoms with van der Waals surface area (Å²) in [6.45, 7) is 2.13. The predicted molar refractivity (Wildman–Crippen MR) is 146 cm³/mol. The maximum atomic E-state index is 12.2. The molecule has 0 spiro atoms. The van der Waals surface area contributed by atoms with Crippen molar-refractivity contribution in [2.45, 2.75) is 63.2 Å². The van der Waals surface area contributed by atoms with Crippen LogP contribution >= 0.6 is 0 Å². The summed E-state index contributed by atoms with van der Waals surface area (Å²) in [5.74, 6) is -1.77. The zero-order valence-electron chi connectivity index (χ0n) is 20.9. The number of sulfonamides is 1. The summed E-state index contributed by atoms with van der Waals surface area (Å²) < 4.78 is 26.4. The molecular formula is C29H37NO5S. The first-order valence-electron chi connectivity index (χ1n) is 12.2. The van der Waals surface area contributed by atoms with Crippen molar-refractivity contribution in [2.24, 2.45) is 0 Å². The molecule has 0 atom stereocenters. The number of aromatic carboxylic acids is 1. The first-order chi connectivity index (χ1) is 17.4. The van der Waals surface area contributed by atoms with Crippen LogP contribution < -0.4 is 4.72 Å². The van der Waals surface area contributed by atoms with Gasteiger partial charge in [-0.15, -0.1) is 0 Å². The van der Waals surface area contributed by atoms with Crippen LogP contribution in [0.3, 0.4) is 0 Å². The van der Waals surface area contributed by atoms with E-state index in [-0.39, 0.29) is 16.9 Å². The first kappa shape index (κ1) is 30.6. The smallest absolute Gasteiger partial charge is 0.335 e. The van der Waals surface area contributed by atoms with Gasteiger partial charge in [0.2, 0.25) is 5.91 Å². The molecule has 0 aliphatic heterocycles. The van der Waals surface area contributed by atoms with Crippen LogP contribution in [0.15, 0.2) is 102 Å². The molecule has 2 N–H and O–H groups in total. The van der Waals surface area contributed by atoms with Gasteiger partial charge in [-0.25, -0.2) is 17.9 Å². The van der Waals surface area contributed by atoms with E-state index in [9.17, 15) is 18.0 Å². The Kier molecular flexibility index (Phi) is 16.0. The van der Waals surface area contributed by atoms with E-state index in [1.165, 1.54) is 12.1 Å². The van der Waals surface area contributed by atoms with Gasteiger partial charge in [-0.05, 0) is 69.2 Å². The Hall–Kier alpha value is -3.45. The highest BCUT2D eigenvalue weighted by molar-refractivity contribution is 7.90. The quantitative estimate of drug-likeness (QED) is 0.228. The van der Waals surface area contributed by atoms with Crippen LogP contribution in [0.4, 0.5) is 0 Å². The molecule has 0 saturated heterocycles. The summed E-state index contributed by atoms with van der Waals surface area (Å²) in [7, 11) is -4.02. The molecule has 0 aliphatic carbocycles. The van der Waals surface area contributed by atoms with Crippen LogP contribution in [0.2, 0.25) is 0 Å². The van der Waals surface area contributed by atoms with E-state index >= 15 is 0 Å². The Balaban J connectivity index is 2.17. The van der Waals surface area contributed by atoms with Crippen molar-refractivity contribution < 1.29 is 23.1 Å². The number of carbonyl (C=O) groups is 2. The summed E-state index contributed by atoms with van der Waals surface area (Å²) >= 11 is 0. The topological polar surface area (TPSA) is 101 Å². The Bertz CT molecular complexity index is 1080. The van der Waals surface area contributed by atoms with Gasteiger partial charge in [0.25, 0.3) is 10.0 Å². The molecule has 0 heterocycles. The van der Waals surface area contributed by atoms with Gasteiger partial charge in [-0.3, -0.25) is 4.79 Å². The number of nitrogens with one attached hydrogen (secondary N) is 1. The van der Waals surface area contributed by atoms with Gasteiger partial charge in [0.1, 0.15) is 0 Å². The van der Waals surface area contributed by atoms with Crippen molar-refractivity contribution in [1.29, 1.82) is 0 Å². The van der Waals surface area contributed by atoms with E-state index in [0.29, 0.717) is 6.42 Å². The fourth-order valence-electron chi connectivity index (χ4n) is 2.89. The van der Waals surface area contributed by atoms with Crippen LogP contribution in [0.5, 0.6) is 0 Å². The highest BCUT2D eigenvalue weighted by Crippen LogP contribution is 2.11. The maximum Gasteiger partial charge on any atom is 0.335 e. The van der Waals surface area contributed by atoms with Crippen molar-refractivity contribution >= 4 is 21.9 Å². The summed E-state index contributed by atoms with van der Waals surface area (Å²) in [5, 5.41) is 8.87. The van der Waals surface area contributed by atoms with E-state index in [0.717, 1.165) is 50.7 Å². The lowest BCUT2D eigenvalue weighted by molar-refractivity contribution is -0.119. The largest absolute Gasteiger partial charge is 0.478 e. The normalized spacial score (nSPS) is 12.8. The zero-order chi connectivity index (χ0) is 26.5. The highest BCUT2D eigenvalue weighted by Gasteiger charge is 2.17. The molecule has 0 aromatic heterocycles. The molecule has 1 aromatic rings. The molecule has 1 amide bonds. The van der Waals surface area contributed by atoms with Crippen molar-refractivity contribution in [2.75, 3.05) is 0 Å². The van der Waals surface area contributed by atoms with Crippen LogP contribution in [-0.4, -0.2) is 25.4 Å². The fourth-order valence-corrected chi connectivity index (χ4v) is 3.90. The van der Waals surface area contributed by atoms with E-state index in [1.54, 1.807) is 0 Å². The summed E-state index contributed by atoms with van der Waals surface area (Å²) in [5.41, 5.74) is -0.0297. The molecule has 1 aromatic carbocycles. The second-order valence-corrected chi connectivity index (χ2v) is 9.49. The van der Waals surface area contributed by atoms with Crippen molar-refractivity contribution in [3.05, 3.63) is 103 Å². The average Bonchev–Trinajstić information content (AvgIpc) is 2.85. The van der Waals surface area contributed by atoms with Crippen LogP contribution in [0.1, 0.15) is 68.6 Å². The third-order valence-electron chi connectivity index (χ3n) is 4.79. The maximum absolute atomic E-state index is 12.2. The van der Waals surface area contributed by atoms with Crippen molar-refractivity contribution in [1.82, 2.24) is 4.72 Å². The van der Waals surface area contributed by atoms with Gasteiger partial charge >= 0.3 is 5.97 Å². The molecule has 1 rings (SSSR count). The minimum Gasteiger partial charge on any atom is -0.478 e. The first-order valence-corrected chi connectivity index (χ1v) is 13.6. The van der Waals surface area contributed by atoms with Crippen LogP contribution in [-0.2, 0) is 14.8 Å². The molecule has 0 aliphatic rings. The number of benzene rings is 1. The van der Waals surface area contributed by atoms with Crippen LogP contribution in [0, 0.1) is 0 Å². The van der Waals surface area contributed by atoms with Crippen molar-refractivity contribution in [3.8, 4) is 0 Å². The number of allylic oxidation sites excluding steroid dienone is 12. The summed E-state index contributed by atoms with van der Waals surface area (Å²) in [6.07, 6.45) is 31.2. The summed E-state index contributed by atoms with van der Waals surface area (Å²) in [4.78, 5) is 22.6. The van der Waals surface area contributed by atoms with Gasteiger partial charge in [0, 0.05) is 6.42 Å². The Labute approximate surface area is 215 Å². The molecule has 194 valence electrons. The second kappa shape index (κ2) is 18.8. The van der Waals surface area contributed by atoms with Gasteiger partial charge < -0.3 is 5.11 Å². The molecule has 0 saturated carbocycles. The number of amides is 1. The third kappa shape index (κ3) is 14.7. The number of carboxylic acid groups (broad SMARTS) is 1.